The van der Waals surface area contributed by atoms with Crippen LogP contribution in [-0.2, 0) is 25.9 Å². The van der Waals surface area contributed by atoms with Crippen molar-refractivity contribution in [3.8, 4) is 73.1 Å². The molecule has 6 nitrogen and oxygen atoms in total. The Hall–Kier alpha value is -5.16. The Morgan fingerprint density at radius 3 is 1.21 bits per heavy atom. The first-order valence-corrected chi connectivity index (χ1v) is 40.3. The minimum absolute atomic E-state index is 0.224. The number of nitrogens with zero attached hydrogens (tertiary/aromatic N) is 6. The van der Waals surface area contributed by atoms with Crippen molar-refractivity contribution in [1.29, 1.82) is 0 Å². The molecule has 0 saturated heterocycles. The van der Waals surface area contributed by atoms with E-state index >= 15 is 8.78 Å². The minimum atomic E-state index is -0.867. The highest BCUT2D eigenvalue weighted by molar-refractivity contribution is 7.25. The van der Waals surface area contributed by atoms with Crippen LogP contribution in [0.15, 0.2) is 84.9 Å². The lowest BCUT2D eigenvalue weighted by molar-refractivity contribution is 0.351. The predicted molar refractivity (Wildman–Crippen MR) is 409 cm³/mol. The highest BCUT2D eigenvalue weighted by Gasteiger charge is 2.29. The van der Waals surface area contributed by atoms with E-state index in [1.165, 1.54) is 130 Å². The van der Waals surface area contributed by atoms with Gasteiger partial charge in [0.25, 0.3) is 0 Å². The molecule has 0 aliphatic heterocycles. The highest BCUT2D eigenvalue weighted by Crippen LogP contribution is 2.55. The van der Waals surface area contributed by atoms with Crippen molar-refractivity contribution in [3.05, 3.63) is 127 Å². The second kappa shape index (κ2) is 30.7. The first kappa shape index (κ1) is 68.8. The van der Waals surface area contributed by atoms with E-state index in [9.17, 15) is 0 Å². The number of aromatic nitrogens is 6. The zero-order valence-corrected chi connectivity index (χ0v) is 62.6. The Labute approximate surface area is 588 Å². The number of thiophene rings is 6. The zero-order valence-electron chi connectivity index (χ0n) is 56.2. The lowest BCUT2D eigenvalue weighted by Crippen LogP contribution is -2.12. The van der Waals surface area contributed by atoms with Crippen molar-refractivity contribution in [1.82, 2.24) is 30.0 Å². The van der Waals surface area contributed by atoms with Gasteiger partial charge < -0.3 is 0 Å². The van der Waals surface area contributed by atoms with Crippen molar-refractivity contribution in [2.24, 2.45) is 23.7 Å². The zero-order chi connectivity index (χ0) is 65.9. The predicted octanol–water partition coefficient (Wildman–Crippen LogP) is 27.7. The molecule has 0 aliphatic carbocycles. The molecular weight excluding hydrogens is 1320 g/mol. The smallest absolute Gasteiger partial charge is 0.168 e. The van der Waals surface area contributed by atoms with E-state index in [-0.39, 0.29) is 11.1 Å². The van der Waals surface area contributed by atoms with E-state index in [1.54, 1.807) is 12.1 Å². The molecule has 12 aromatic rings. The summed E-state index contributed by atoms with van der Waals surface area (Å²) in [6.07, 6.45) is 20.5. The van der Waals surface area contributed by atoms with Gasteiger partial charge in [0, 0.05) is 108 Å². The summed E-state index contributed by atoms with van der Waals surface area (Å²) in [5.74, 6) is 0.362. The summed E-state index contributed by atoms with van der Waals surface area (Å²) in [4.78, 5) is 14.2. The van der Waals surface area contributed by atoms with Gasteiger partial charge in [-0.2, -0.15) is 30.0 Å². The van der Waals surface area contributed by atoms with E-state index < -0.39 is 11.6 Å². The Morgan fingerprint density at radius 2 is 0.766 bits per heavy atom. The molecule has 0 aliphatic rings. The van der Waals surface area contributed by atoms with Crippen LogP contribution < -0.4 is 0 Å². The third-order valence-corrected chi connectivity index (χ3v) is 27.3. The Bertz CT molecular complexity index is 4490. The molecular formula is C78H88Cl2F2N6S6. The normalized spacial score (nSPS) is 13.5. The van der Waals surface area contributed by atoms with Gasteiger partial charge in [-0.1, -0.05) is 193 Å². The molecule has 0 saturated carbocycles. The van der Waals surface area contributed by atoms with E-state index in [4.69, 9.17) is 43.6 Å². The van der Waals surface area contributed by atoms with Crippen molar-refractivity contribution in [2.45, 2.75) is 198 Å². The van der Waals surface area contributed by atoms with E-state index in [0.717, 1.165) is 140 Å². The highest BCUT2D eigenvalue weighted by atomic mass is 35.5. The largest absolute Gasteiger partial charge is 0.203 e. The maximum Gasteiger partial charge on any atom is 0.168 e. The fourth-order valence-electron chi connectivity index (χ4n) is 13.7. The van der Waals surface area contributed by atoms with Gasteiger partial charge in [0.15, 0.2) is 11.6 Å². The van der Waals surface area contributed by atoms with Crippen molar-refractivity contribution < 1.29 is 8.78 Å². The number of unbranched alkanes of at least 4 members (excludes halogenated alkanes) is 4. The molecule has 0 fully saturated rings. The number of benzene rings is 4. The Balaban J connectivity index is 0.942. The van der Waals surface area contributed by atoms with Gasteiger partial charge in [0.05, 0.1) is 23.1 Å². The number of rotatable bonds is 31. The monoisotopic (exact) mass is 1410 g/mol. The summed E-state index contributed by atoms with van der Waals surface area (Å²) in [5, 5.41) is 25.0. The van der Waals surface area contributed by atoms with Crippen LogP contribution in [0.25, 0.3) is 115 Å². The SMILES string of the molecule is CCCCC(CC)Cc1sc(-c2c3cc(-c4ccc(-c5ccc(-c6ccc(-c7ccc(-c8ccc(C)c9nn(CC(CC)CCCC)nc89)s7)c(F)c6F)s5)c5nn(CC(CC)CCCC)nc45)sc3c(-c3cc(Cl)c(CC(CC)CCCC)s3)c3cc(C)sc23)cc1Cl. The number of fused-ring (bicyclic) bond motifs is 4. The number of aryl methyl sites for hydroxylation is 2. The lowest BCUT2D eigenvalue weighted by Gasteiger charge is -2.13. The molecule has 4 unspecified atom stereocenters. The number of hydrogen-bond acceptors (Lipinski definition) is 10. The summed E-state index contributed by atoms with van der Waals surface area (Å²) >= 11 is 25.1. The average molecular weight is 1410 g/mol. The van der Waals surface area contributed by atoms with E-state index in [0.29, 0.717) is 40.0 Å². The van der Waals surface area contributed by atoms with Crippen LogP contribution in [0.5, 0.6) is 0 Å². The Morgan fingerprint density at radius 1 is 0.394 bits per heavy atom. The van der Waals surface area contributed by atoms with Gasteiger partial charge in [-0.3, -0.25) is 0 Å². The van der Waals surface area contributed by atoms with Crippen LogP contribution in [0.3, 0.4) is 0 Å². The van der Waals surface area contributed by atoms with Crippen LogP contribution >= 0.6 is 91.2 Å². The summed E-state index contributed by atoms with van der Waals surface area (Å²) in [5.41, 5.74) is 10.2. The molecule has 94 heavy (non-hydrogen) atoms. The molecule has 0 amide bonds. The standard InChI is InChI=1S/C78H88Cl2F2N6S6/c1-11-19-23-47(15-5)38-65-58(79)41-67(92-65)69-56-37-46(10)89-77(56)70(68-42-59(80)66(93-68)39-48(16-6)24-20-12-2)57-40-64(94-78(57)69)55-32-31-54(75-76(55)86-88(85-75)44-50(18-8)26-22-14-4)63-36-34-61(91-63)52-30-29-51(71(81)72(52)82)60-33-35-62(90-60)53-28-27-45(9)73-74(53)84-87(83-73)43-49(17-7)25-21-13-3/h27-37,40-42,47-50H,11-26,38-39,43-44H2,1-10H3. The van der Waals surface area contributed by atoms with Gasteiger partial charge in [0.2, 0.25) is 0 Å². The molecule has 16 heteroatoms. The van der Waals surface area contributed by atoms with Crippen molar-refractivity contribution in [3.63, 3.8) is 0 Å². The van der Waals surface area contributed by atoms with Gasteiger partial charge in [-0.15, -0.1) is 68.0 Å². The van der Waals surface area contributed by atoms with Gasteiger partial charge >= 0.3 is 0 Å². The molecule has 0 bridgehead atoms. The maximum atomic E-state index is 16.9. The summed E-state index contributed by atoms with van der Waals surface area (Å²) < 4.78 is 36.1. The fourth-order valence-corrected chi connectivity index (χ4v) is 21.5. The second-order valence-corrected chi connectivity index (χ2v) is 33.7. The van der Waals surface area contributed by atoms with E-state index in [1.807, 2.05) is 79.2 Å². The number of hydrogen-bond donors (Lipinski definition) is 0. The topological polar surface area (TPSA) is 61.4 Å². The third-order valence-electron chi connectivity index (χ3n) is 19.5. The molecule has 8 heterocycles. The molecule has 0 N–H and O–H groups in total. The van der Waals surface area contributed by atoms with Crippen molar-refractivity contribution in [2.75, 3.05) is 0 Å². The maximum absolute atomic E-state index is 16.9. The quantitative estimate of drug-likeness (QED) is 0.0434. The molecule has 494 valence electrons. The number of halogens is 4. The van der Waals surface area contributed by atoms with Crippen LogP contribution in [0, 0.1) is 49.2 Å². The first-order valence-electron chi connectivity index (χ1n) is 34.7. The summed E-state index contributed by atoms with van der Waals surface area (Å²) in [6.45, 7) is 24.0. The second-order valence-electron chi connectivity index (χ2n) is 26.2. The fraction of sp³-hybridized carbons (Fsp3) is 0.436. The summed E-state index contributed by atoms with van der Waals surface area (Å²) in [7, 11) is 0. The van der Waals surface area contributed by atoms with Crippen LogP contribution in [0.1, 0.15) is 178 Å². The lowest BCUT2D eigenvalue weighted by atomic mass is 9.95. The molecule has 0 radical (unpaired) electrons. The van der Waals surface area contributed by atoms with Crippen LogP contribution in [0.4, 0.5) is 8.78 Å². The van der Waals surface area contributed by atoms with Gasteiger partial charge in [0.1, 0.15) is 22.1 Å². The summed E-state index contributed by atoms with van der Waals surface area (Å²) in [6, 6.07) is 29.1. The molecule has 12 rings (SSSR count). The van der Waals surface area contributed by atoms with Gasteiger partial charge in [-0.25, -0.2) is 8.78 Å². The molecule has 0 spiro atoms. The van der Waals surface area contributed by atoms with Crippen LogP contribution in [-0.4, -0.2) is 30.0 Å². The van der Waals surface area contributed by atoms with E-state index in [2.05, 4.69) is 118 Å². The molecule has 4 atom stereocenters. The first-order chi connectivity index (χ1) is 45.7. The average Bonchev–Trinajstić information content (AvgIpc) is 1.55. The molecule has 4 aromatic carbocycles. The van der Waals surface area contributed by atoms with Gasteiger partial charge in [-0.05, 0) is 129 Å². The molecule has 8 aromatic heterocycles. The van der Waals surface area contributed by atoms with Crippen LogP contribution in [0.2, 0.25) is 10.0 Å². The third kappa shape index (κ3) is 14.3. The minimum Gasteiger partial charge on any atom is -0.203 e. The Kier molecular flexibility index (Phi) is 22.5. The van der Waals surface area contributed by atoms with Crippen molar-refractivity contribution >= 4 is 133 Å².